The number of nitrogens with zero attached hydrogens (tertiary/aromatic N) is 5. The van der Waals surface area contributed by atoms with Gasteiger partial charge in [-0.25, -0.2) is 4.98 Å². The van der Waals surface area contributed by atoms with Crippen molar-refractivity contribution in [2.45, 2.75) is 30.4 Å². The summed E-state index contributed by atoms with van der Waals surface area (Å²) in [5.74, 6) is 1.92. The molecule has 9 heteroatoms. The Morgan fingerprint density at radius 3 is 2.68 bits per heavy atom. The molecular weight excluding hydrogens is 432 g/mol. The van der Waals surface area contributed by atoms with E-state index in [-0.39, 0.29) is 11.6 Å². The minimum absolute atomic E-state index is 0.103. The quantitative estimate of drug-likeness (QED) is 0.423. The van der Waals surface area contributed by atoms with Gasteiger partial charge in [0.25, 0.3) is 5.56 Å². The lowest BCUT2D eigenvalue weighted by Gasteiger charge is -2.20. The monoisotopic (exact) mass is 454 g/mol. The Labute approximate surface area is 189 Å². The molecule has 0 aliphatic carbocycles. The average Bonchev–Trinajstić information content (AvgIpc) is 3.14. The molecule has 2 aromatic carbocycles. The van der Waals surface area contributed by atoms with Gasteiger partial charge in [-0.2, -0.15) is 0 Å². The van der Waals surface area contributed by atoms with Gasteiger partial charge in [0.2, 0.25) is 0 Å². The number of thioether (sulfide) groups is 1. The molecule has 0 bridgehead atoms. The molecular formula is C22H23ClN6OS. The molecule has 0 saturated carbocycles. The highest BCUT2D eigenvalue weighted by atomic mass is 35.5. The van der Waals surface area contributed by atoms with E-state index in [2.05, 4.69) is 48.7 Å². The summed E-state index contributed by atoms with van der Waals surface area (Å²) in [4.78, 5) is 21.9. The standard InChI is InChI=1S/C22H23ClN6OS/c1-14(28(2)3)20-26-27-22(29(20)12-15-7-5-4-6-8-15)31-13-19-24-18-11-16(23)9-10-17(18)21(30)25-19/h4-11,14H,12-13H2,1-3H3,(H,24,25,30)/t14-/m1/s1. The average molecular weight is 455 g/mol. The maximum absolute atomic E-state index is 12.4. The van der Waals surface area contributed by atoms with Gasteiger partial charge in [-0.3, -0.25) is 9.69 Å². The van der Waals surface area contributed by atoms with Crippen LogP contribution in [0.15, 0.2) is 58.5 Å². The molecule has 1 atom stereocenters. The van der Waals surface area contributed by atoms with Crippen LogP contribution < -0.4 is 5.56 Å². The van der Waals surface area contributed by atoms with Crippen LogP contribution >= 0.6 is 23.4 Å². The predicted molar refractivity (Wildman–Crippen MR) is 125 cm³/mol. The van der Waals surface area contributed by atoms with Crippen molar-refractivity contribution in [1.82, 2.24) is 29.6 Å². The van der Waals surface area contributed by atoms with Crippen LogP contribution in [0.5, 0.6) is 0 Å². The van der Waals surface area contributed by atoms with Gasteiger partial charge in [0, 0.05) is 5.02 Å². The number of nitrogens with one attached hydrogen (secondary N) is 1. The summed E-state index contributed by atoms with van der Waals surface area (Å²) < 4.78 is 2.13. The molecule has 2 aromatic heterocycles. The molecule has 0 aliphatic rings. The van der Waals surface area contributed by atoms with Crippen LogP contribution in [0.4, 0.5) is 0 Å². The van der Waals surface area contributed by atoms with Crippen LogP contribution in [0.1, 0.15) is 30.2 Å². The molecule has 0 amide bonds. The third kappa shape index (κ3) is 4.81. The first-order chi connectivity index (χ1) is 14.9. The highest BCUT2D eigenvalue weighted by molar-refractivity contribution is 7.98. The minimum atomic E-state index is -0.176. The summed E-state index contributed by atoms with van der Waals surface area (Å²) >= 11 is 7.56. The zero-order valence-electron chi connectivity index (χ0n) is 17.5. The fraction of sp³-hybridized carbons (Fsp3) is 0.273. The van der Waals surface area contributed by atoms with Crippen LogP contribution in [0.25, 0.3) is 10.9 Å². The summed E-state index contributed by atoms with van der Waals surface area (Å²) in [6, 6.07) is 15.4. The van der Waals surface area contributed by atoms with E-state index >= 15 is 0 Å². The SMILES string of the molecule is C[C@H](c1nnc(SCc2nc3cc(Cl)ccc3c(=O)[nH]2)n1Cc1ccccc1)N(C)C. The molecule has 4 aromatic rings. The smallest absolute Gasteiger partial charge is 0.258 e. The van der Waals surface area contributed by atoms with Crippen molar-refractivity contribution < 1.29 is 0 Å². The van der Waals surface area contributed by atoms with Gasteiger partial charge in [-0.1, -0.05) is 53.7 Å². The highest BCUT2D eigenvalue weighted by Gasteiger charge is 2.20. The number of H-pyrrole nitrogens is 1. The van der Waals surface area contributed by atoms with Crippen molar-refractivity contribution in [3.05, 3.63) is 81.1 Å². The molecule has 0 saturated heterocycles. The lowest BCUT2D eigenvalue weighted by molar-refractivity contribution is 0.300. The van der Waals surface area contributed by atoms with Crippen molar-refractivity contribution >= 4 is 34.3 Å². The topological polar surface area (TPSA) is 79.7 Å². The number of halogens is 1. The first-order valence-corrected chi connectivity index (χ1v) is 11.2. The summed E-state index contributed by atoms with van der Waals surface area (Å²) in [5.41, 5.74) is 1.58. The van der Waals surface area contributed by atoms with E-state index < -0.39 is 0 Å². The molecule has 0 radical (unpaired) electrons. The number of benzene rings is 2. The van der Waals surface area contributed by atoms with E-state index in [1.165, 1.54) is 17.3 Å². The van der Waals surface area contributed by atoms with Crippen LogP contribution in [-0.4, -0.2) is 43.7 Å². The fourth-order valence-electron chi connectivity index (χ4n) is 3.22. The predicted octanol–water partition coefficient (Wildman–Crippen LogP) is 4.13. The van der Waals surface area contributed by atoms with E-state index in [9.17, 15) is 4.79 Å². The number of fused-ring (bicyclic) bond motifs is 1. The Morgan fingerprint density at radius 1 is 1.16 bits per heavy atom. The Kier molecular flexibility index (Phi) is 6.41. The van der Waals surface area contributed by atoms with E-state index in [0.717, 1.165) is 11.0 Å². The maximum Gasteiger partial charge on any atom is 0.258 e. The molecule has 2 heterocycles. The van der Waals surface area contributed by atoms with Gasteiger partial charge in [0.15, 0.2) is 11.0 Å². The Morgan fingerprint density at radius 2 is 1.94 bits per heavy atom. The number of aromatic nitrogens is 5. The van der Waals surface area contributed by atoms with Crippen molar-refractivity contribution in [1.29, 1.82) is 0 Å². The second-order valence-corrected chi connectivity index (χ2v) is 8.89. The summed E-state index contributed by atoms with van der Waals surface area (Å²) in [7, 11) is 4.04. The molecule has 0 spiro atoms. The number of rotatable bonds is 7. The molecule has 0 unspecified atom stereocenters. The van der Waals surface area contributed by atoms with E-state index in [1.807, 2.05) is 32.3 Å². The lowest BCUT2D eigenvalue weighted by atomic mass is 10.2. The molecule has 7 nitrogen and oxygen atoms in total. The first-order valence-electron chi connectivity index (χ1n) is 9.87. The summed E-state index contributed by atoms with van der Waals surface area (Å²) in [5, 5.41) is 10.8. The third-order valence-corrected chi connectivity index (χ3v) is 6.35. The van der Waals surface area contributed by atoms with Crippen LogP contribution in [0, 0.1) is 0 Å². The number of hydrogen-bond donors (Lipinski definition) is 1. The number of aromatic amines is 1. The van der Waals surface area contributed by atoms with Crippen molar-refractivity contribution in [2.24, 2.45) is 0 Å². The van der Waals surface area contributed by atoms with Crippen molar-refractivity contribution in [3.63, 3.8) is 0 Å². The van der Waals surface area contributed by atoms with Crippen LogP contribution in [0.2, 0.25) is 5.02 Å². The van der Waals surface area contributed by atoms with Gasteiger partial charge in [-0.05, 0) is 44.8 Å². The van der Waals surface area contributed by atoms with Gasteiger partial charge in [-0.15, -0.1) is 10.2 Å². The Bertz CT molecular complexity index is 1250. The highest BCUT2D eigenvalue weighted by Crippen LogP contribution is 2.26. The molecule has 0 aliphatic heterocycles. The molecule has 160 valence electrons. The second kappa shape index (κ2) is 9.21. The molecule has 1 N–H and O–H groups in total. The molecule has 31 heavy (non-hydrogen) atoms. The van der Waals surface area contributed by atoms with Crippen LogP contribution in [-0.2, 0) is 12.3 Å². The first kappa shape index (κ1) is 21.5. The largest absolute Gasteiger partial charge is 0.309 e. The lowest BCUT2D eigenvalue weighted by Crippen LogP contribution is -2.21. The zero-order valence-corrected chi connectivity index (χ0v) is 19.1. The Balaban J connectivity index is 1.64. The van der Waals surface area contributed by atoms with E-state index in [0.29, 0.717) is 34.0 Å². The van der Waals surface area contributed by atoms with Gasteiger partial charge in [0.1, 0.15) is 5.82 Å². The van der Waals surface area contributed by atoms with Gasteiger partial charge in [0.05, 0.1) is 29.2 Å². The van der Waals surface area contributed by atoms with Crippen LogP contribution in [0.3, 0.4) is 0 Å². The van der Waals surface area contributed by atoms with Crippen molar-refractivity contribution in [3.8, 4) is 0 Å². The molecule has 4 rings (SSSR count). The van der Waals surface area contributed by atoms with E-state index in [4.69, 9.17) is 11.6 Å². The van der Waals surface area contributed by atoms with Gasteiger partial charge < -0.3 is 9.55 Å². The normalized spacial score (nSPS) is 12.5. The minimum Gasteiger partial charge on any atom is -0.309 e. The maximum atomic E-state index is 12.4. The van der Waals surface area contributed by atoms with E-state index in [1.54, 1.807) is 18.2 Å². The van der Waals surface area contributed by atoms with Gasteiger partial charge >= 0.3 is 0 Å². The Hall–Kier alpha value is -2.68. The third-order valence-electron chi connectivity index (χ3n) is 5.13. The zero-order chi connectivity index (χ0) is 22.0. The fourth-order valence-corrected chi connectivity index (χ4v) is 4.21. The van der Waals surface area contributed by atoms with Crippen molar-refractivity contribution in [2.75, 3.05) is 14.1 Å². The number of hydrogen-bond acceptors (Lipinski definition) is 6. The summed E-state index contributed by atoms with van der Waals surface area (Å²) in [6.07, 6.45) is 0. The molecule has 0 fully saturated rings. The summed E-state index contributed by atoms with van der Waals surface area (Å²) in [6.45, 7) is 2.77. The second-order valence-electron chi connectivity index (χ2n) is 7.51.